The van der Waals surface area contributed by atoms with Crippen LogP contribution in [0.25, 0.3) is 21.5 Å². The average molecular weight is 826 g/mol. The Kier molecular flexibility index (Phi) is 16.1. The Labute approximate surface area is 366 Å². The van der Waals surface area contributed by atoms with Crippen molar-refractivity contribution in [3.05, 3.63) is 108 Å². The molecule has 4 aromatic carbocycles. The summed E-state index contributed by atoms with van der Waals surface area (Å²) < 4.78 is 2.56. The SMILES string of the molecule is CCCCCCCCCCC(C(=O)O)N1/C(=C\C=C\C2=[N+](CCCCCCCCCCCC(=O)O)c3ccc4ccccc4c3C2(C)C)C(C)(C)c2c1ccc1ccccc21. The van der Waals surface area contributed by atoms with Crippen molar-refractivity contribution in [2.24, 2.45) is 0 Å². The Bertz CT molecular complexity index is 2230. The molecular weight excluding hydrogens is 753 g/mol. The van der Waals surface area contributed by atoms with Crippen molar-refractivity contribution in [3.63, 3.8) is 0 Å². The first-order chi connectivity index (χ1) is 29.5. The van der Waals surface area contributed by atoms with E-state index in [1.807, 2.05) is 0 Å². The lowest BCUT2D eigenvalue weighted by molar-refractivity contribution is -0.438. The average Bonchev–Trinajstić information content (AvgIpc) is 3.60. The highest BCUT2D eigenvalue weighted by atomic mass is 16.4. The number of hydrogen-bond acceptors (Lipinski definition) is 3. The van der Waals surface area contributed by atoms with Gasteiger partial charge in [0, 0.05) is 47.3 Å². The summed E-state index contributed by atoms with van der Waals surface area (Å²) in [6.07, 6.45) is 27.1. The summed E-state index contributed by atoms with van der Waals surface area (Å²) in [5.41, 5.74) is 6.54. The molecule has 1 atom stereocenters. The van der Waals surface area contributed by atoms with Crippen LogP contribution in [-0.2, 0) is 20.4 Å². The normalized spacial score (nSPS) is 16.6. The van der Waals surface area contributed by atoms with Crippen LogP contribution in [-0.4, -0.2) is 45.0 Å². The number of carboxylic acids is 2. The maximum Gasteiger partial charge on any atom is 0.326 e. The molecule has 0 spiro atoms. The number of unbranched alkanes of at least 4 members (excludes halogenated alkanes) is 15. The molecule has 0 aromatic heterocycles. The third-order valence-corrected chi connectivity index (χ3v) is 13.7. The van der Waals surface area contributed by atoms with Crippen molar-refractivity contribution in [2.45, 2.75) is 173 Å². The van der Waals surface area contributed by atoms with Crippen LogP contribution in [0.3, 0.4) is 0 Å². The van der Waals surface area contributed by atoms with Gasteiger partial charge in [-0.25, -0.2) is 4.79 Å². The van der Waals surface area contributed by atoms with Crippen LogP contribution in [0.4, 0.5) is 11.4 Å². The number of rotatable bonds is 25. The van der Waals surface area contributed by atoms with Gasteiger partial charge in [0.25, 0.3) is 0 Å². The molecule has 326 valence electrons. The molecule has 1 unspecified atom stereocenters. The van der Waals surface area contributed by atoms with E-state index in [1.54, 1.807) is 0 Å². The van der Waals surface area contributed by atoms with Gasteiger partial charge in [-0.3, -0.25) is 4.79 Å². The highest BCUT2D eigenvalue weighted by Gasteiger charge is 2.47. The molecule has 6 rings (SSSR count). The number of anilines is 1. The van der Waals surface area contributed by atoms with Gasteiger partial charge in [-0.05, 0) is 78.4 Å². The van der Waals surface area contributed by atoms with Crippen LogP contribution < -0.4 is 4.90 Å². The molecule has 0 fully saturated rings. The minimum absolute atomic E-state index is 0.240. The Balaban J connectivity index is 1.28. The van der Waals surface area contributed by atoms with Crippen LogP contribution in [0.5, 0.6) is 0 Å². The van der Waals surface area contributed by atoms with E-state index in [2.05, 4.69) is 135 Å². The Morgan fingerprint density at radius 3 is 1.79 bits per heavy atom. The van der Waals surface area contributed by atoms with Gasteiger partial charge in [0.2, 0.25) is 5.69 Å². The van der Waals surface area contributed by atoms with E-state index in [0.29, 0.717) is 6.42 Å². The molecule has 2 heterocycles. The molecule has 2 N–H and O–H groups in total. The highest BCUT2D eigenvalue weighted by Crippen LogP contribution is 2.52. The van der Waals surface area contributed by atoms with Gasteiger partial charge in [0.15, 0.2) is 5.71 Å². The number of carboxylic acid groups (broad SMARTS) is 2. The lowest BCUT2D eigenvalue weighted by Gasteiger charge is -2.32. The lowest BCUT2D eigenvalue weighted by Crippen LogP contribution is -2.41. The first-order valence-corrected chi connectivity index (χ1v) is 23.8. The van der Waals surface area contributed by atoms with Crippen LogP contribution >= 0.6 is 0 Å². The quantitative estimate of drug-likeness (QED) is 0.0514. The minimum atomic E-state index is -0.759. The van der Waals surface area contributed by atoms with Gasteiger partial charge in [0.1, 0.15) is 12.6 Å². The van der Waals surface area contributed by atoms with Gasteiger partial charge < -0.3 is 15.1 Å². The second-order valence-electron chi connectivity index (χ2n) is 18.9. The molecular formula is C55H73N2O4+. The van der Waals surface area contributed by atoms with E-state index in [0.717, 1.165) is 62.9 Å². The van der Waals surface area contributed by atoms with Crippen LogP contribution in [0.2, 0.25) is 0 Å². The predicted molar refractivity (Wildman–Crippen MR) is 256 cm³/mol. The van der Waals surface area contributed by atoms with Crippen molar-refractivity contribution in [2.75, 3.05) is 11.4 Å². The molecule has 4 aromatic rings. The Morgan fingerprint density at radius 2 is 1.18 bits per heavy atom. The summed E-state index contributed by atoms with van der Waals surface area (Å²) in [5, 5.41) is 24.8. The van der Waals surface area contributed by atoms with Gasteiger partial charge in [-0.15, -0.1) is 0 Å². The Morgan fingerprint density at radius 1 is 0.639 bits per heavy atom. The molecule has 0 bridgehead atoms. The zero-order valence-electron chi connectivity index (χ0n) is 38.0. The standard InChI is InChI=1S/C55H72N2O4/c1-6-7-8-9-10-14-17-20-32-47(53(60)61)57-46-39-37-42-29-23-25-31-44(42)52(46)55(4,5)49(57)34-27-33-48-54(2,3)51-43-30-24-22-28-41(43)36-38-45(51)56(48)40-26-19-16-13-11-12-15-18-21-35-50(58)59/h22-25,27-31,33-34,36-39,47H,6-21,26,32,35,40H2,1-5H3,(H-,58,59,60,61)/p+1. The second kappa shape index (κ2) is 21.4. The summed E-state index contributed by atoms with van der Waals surface area (Å²) in [7, 11) is 0. The maximum absolute atomic E-state index is 13.3. The van der Waals surface area contributed by atoms with Crippen molar-refractivity contribution in [1.29, 1.82) is 0 Å². The van der Waals surface area contributed by atoms with Crippen LogP contribution in [0.15, 0.2) is 96.7 Å². The number of fused-ring (bicyclic) bond motifs is 6. The molecule has 2 aliphatic heterocycles. The number of carbonyl (C=O) groups is 2. The van der Waals surface area contributed by atoms with Crippen molar-refractivity contribution >= 4 is 50.6 Å². The Hall–Kier alpha value is -4.71. The van der Waals surface area contributed by atoms with Gasteiger partial charge in [0.05, 0.1) is 5.41 Å². The van der Waals surface area contributed by atoms with Crippen LogP contribution in [0, 0.1) is 0 Å². The summed E-state index contributed by atoms with van der Waals surface area (Å²) in [6.45, 7) is 12.5. The fraction of sp³-hybridized carbons (Fsp3) is 0.509. The summed E-state index contributed by atoms with van der Waals surface area (Å²) in [5.74, 6) is -1.45. The minimum Gasteiger partial charge on any atom is -0.481 e. The third kappa shape index (κ3) is 10.7. The van der Waals surface area contributed by atoms with Gasteiger partial charge in [-0.1, -0.05) is 171 Å². The van der Waals surface area contributed by atoms with Crippen molar-refractivity contribution in [3.8, 4) is 0 Å². The first-order valence-electron chi connectivity index (χ1n) is 23.8. The molecule has 0 saturated carbocycles. The van der Waals surface area contributed by atoms with Crippen molar-refractivity contribution in [1.82, 2.24) is 0 Å². The molecule has 0 saturated heterocycles. The third-order valence-electron chi connectivity index (χ3n) is 13.7. The molecule has 6 nitrogen and oxygen atoms in total. The summed E-state index contributed by atoms with van der Waals surface area (Å²) in [6, 6.07) is 25.5. The smallest absolute Gasteiger partial charge is 0.326 e. The lowest BCUT2D eigenvalue weighted by atomic mass is 9.79. The zero-order chi connectivity index (χ0) is 43.4. The molecule has 0 aliphatic carbocycles. The van der Waals surface area contributed by atoms with Crippen LogP contribution in [0.1, 0.15) is 168 Å². The van der Waals surface area contributed by atoms with E-state index in [1.165, 1.54) is 108 Å². The number of nitrogens with zero attached hydrogens (tertiary/aromatic N) is 2. The number of hydrogen-bond donors (Lipinski definition) is 2. The number of benzene rings is 4. The fourth-order valence-electron chi connectivity index (χ4n) is 10.4. The van der Waals surface area contributed by atoms with Gasteiger partial charge >= 0.3 is 11.9 Å². The van der Waals surface area contributed by atoms with Gasteiger partial charge in [-0.2, -0.15) is 4.58 Å². The monoisotopic (exact) mass is 826 g/mol. The van der Waals surface area contributed by atoms with E-state index < -0.39 is 23.4 Å². The maximum atomic E-state index is 13.3. The largest absolute Gasteiger partial charge is 0.481 e. The molecule has 0 amide bonds. The summed E-state index contributed by atoms with van der Waals surface area (Å²) in [4.78, 5) is 26.3. The van der Waals surface area contributed by atoms with E-state index in [-0.39, 0.29) is 11.8 Å². The predicted octanol–water partition coefficient (Wildman–Crippen LogP) is 14.6. The summed E-state index contributed by atoms with van der Waals surface area (Å²) >= 11 is 0. The molecule has 0 radical (unpaired) electrons. The molecule has 61 heavy (non-hydrogen) atoms. The fourth-order valence-corrected chi connectivity index (χ4v) is 10.4. The van der Waals surface area contributed by atoms with E-state index in [4.69, 9.17) is 5.11 Å². The van der Waals surface area contributed by atoms with Crippen molar-refractivity contribution < 1.29 is 24.4 Å². The second-order valence-corrected chi connectivity index (χ2v) is 18.9. The first kappa shape index (κ1) is 45.8. The zero-order valence-corrected chi connectivity index (χ0v) is 38.0. The highest BCUT2D eigenvalue weighted by molar-refractivity contribution is 6.08. The topological polar surface area (TPSA) is 80.8 Å². The molecule has 6 heteroatoms. The van der Waals surface area contributed by atoms with E-state index in [9.17, 15) is 14.7 Å². The number of aliphatic carboxylic acids is 2. The molecule has 2 aliphatic rings. The number of allylic oxidation sites excluding steroid dienone is 4. The van der Waals surface area contributed by atoms with E-state index >= 15 is 0 Å².